The molecule has 0 unspecified atom stereocenters. The van der Waals surface area contributed by atoms with E-state index in [2.05, 4.69) is 15.0 Å². The molecule has 0 amide bonds. The fourth-order valence-corrected chi connectivity index (χ4v) is 2.30. The molecule has 2 aromatic heterocycles. The molecule has 0 radical (unpaired) electrons. The molecular weight excluding hydrogens is 319 g/mol. The van der Waals surface area contributed by atoms with Gasteiger partial charge in [0.1, 0.15) is 5.69 Å². The minimum Gasteiger partial charge on any atom is -0.305 e. The van der Waals surface area contributed by atoms with E-state index < -0.39 is 17.4 Å². The molecular formula is C17H12F3N3O. The Labute approximate surface area is 135 Å². The summed E-state index contributed by atoms with van der Waals surface area (Å²) in [6.07, 6.45) is -4.70. The van der Waals surface area contributed by atoms with Crippen LogP contribution in [0, 0.1) is 6.92 Å². The molecule has 4 nitrogen and oxygen atoms in total. The van der Waals surface area contributed by atoms with Gasteiger partial charge in [-0.2, -0.15) is 13.2 Å². The van der Waals surface area contributed by atoms with Gasteiger partial charge in [-0.1, -0.05) is 30.3 Å². The van der Waals surface area contributed by atoms with E-state index >= 15 is 0 Å². The summed E-state index contributed by atoms with van der Waals surface area (Å²) in [4.78, 5) is 21.6. The number of aromatic nitrogens is 3. The molecule has 0 aliphatic rings. The number of pyridine rings is 1. The molecule has 3 rings (SSSR count). The third-order valence-corrected chi connectivity index (χ3v) is 3.44. The zero-order valence-electron chi connectivity index (χ0n) is 12.6. The second-order valence-corrected chi connectivity index (χ2v) is 5.20. The van der Waals surface area contributed by atoms with E-state index in [1.165, 1.54) is 6.07 Å². The molecule has 122 valence electrons. The minimum atomic E-state index is -4.70. The van der Waals surface area contributed by atoms with Gasteiger partial charge in [-0.3, -0.25) is 4.79 Å². The van der Waals surface area contributed by atoms with Crippen LogP contribution < -0.4 is 5.56 Å². The fraction of sp³-hybridized carbons (Fsp3) is 0.118. The van der Waals surface area contributed by atoms with E-state index in [0.29, 0.717) is 11.8 Å². The van der Waals surface area contributed by atoms with Crippen molar-refractivity contribution in [1.29, 1.82) is 0 Å². The monoisotopic (exact) mass is 331 g/mol. The van der Waals surface area contributed by atoms with Gasteiger partial charge in [0.15, 0.2) is 11.5 Å². The van der Waals surface area contributed by atoms with Gasteiger partial charge in [0.05, 0.1) is 5.69 Å². The molecule has 0 atom stereocenters. The summed E-state index contributed by atoms with van der Waals surface area (Å²) < 4.78 is 38.5. The first-order chi connectivity index (χ1) is 11.3. The number of aromatic amines is 1. The van der Waals surface area contributed by atoms with Crippen molar-refractivity contribution in [1.82, 2.24) is 15.0 Å². The van der Waals surface area contributed by atoms with Gasteiger partial charge < -0.3 is 4.98 Å². The van der Waals surface area contributed by atoms with Crippen LogP contribution in [-0.2, 0) is 6.18 Å². The lowest BCUT2D eigenvalue weighted by molar-refractivity contribution is -0.141. The van der Waals surface area contributed by atoms with Crippen LogP contribution in [0.3, 0.4) is 0 Å². The van der Waals surface area contributed by atoms with Gasteiger partial charge >= 0.3 is 6.18 Å². The van der Waals surface area contributed by atoms with Gasteiger partial charge in [0, 0.05) is 11.6 Å². The second-order valence-electron chi connectivity index (χ2n) is 5.20. The Morgan fingerprint density at radius 2 is 1.67 bits per heavy atom. The van der Waals surface area contributed by atoms with Crippen molar-refractivity contribution < 1.29 is 13.2 Å². The number of aryl methyl sites for hydroxylation is 1. The highest BCUT2D eigenvalue weighted by atomic mass is 19.4. The molecule has 3 aromatic rings. The summed E-state index contributed by atoms with van der Waals surface area (Å²) in [7, 11) is 0. The Morgan fingerprint density at radius 3 is 2.38 bits per heavy atom. The molecule has 2 heterocycles. The van der Waals surface area contributed by atoms with Crippen LogP contribution in [0.15, 0.2) is 53.3 Å². The maximum Gasteiger partial charge on any atom is 0.433 e. The third-order valence-electron chi connectivity index (χ3n) is 3.44. The highest BCUT2D eigenvalue weighted by Gasteiger charge is 2.33. The molecule has 0 saturated carbocycles. The summed E-state index contributed by atoms with van der Waals surface area (Å²) in [5.41, 5.74) is 0.464. The summed E-state index contributed by atoms with van der Waals surface area (Å²) >= 11 is 0. The van der Waals surface area contributed by atoms with Crippen LogP contribution in [0.2, 0.25) is 0 Å². The fourth-order valence-electron chi connectivity index (χ4n) is 2.30. The van der Waals surface area contributed by atoms with Crippen LogP contribution in [0.4, 0.5) is 13.2 Å². The number of alkyl halides is 3. The molecule has 0 aliphatic heterocycles. The zero-order chi connectivity index (χ0) is 17.3. The lowest BCUT2D eigenvalue weighted by Crippen LogP contribution is -2.17. The summed E-state index contributed by atoms with van der Waals surface area (Å²) in [6, 6.07) is 12.8. The van der Waals surface area contributed by atoms with Crippen molar-refractivity contribution in [2.45, 2.75) is 13.1 Å². The Kier molecular flexibility index (Phi) is 3.92. The van der Waals surface area contributed by atoms with E-state index in [9.17, 15) is 18.0 Å². The number of nitrogens with one attached hydrogen (secondary N) is 1. The van der Waals surface area contributed by atoms with Gasteiger partial charge in [0.25, 0.3) is 5.56 Å². The smallest absolute Gasteiger partial charge is 0.305 e. The van der Waals surface area contributed by atoms with Crippen molar-refractivity contribution in [3.05, 3.63) is 70.1 Å². The molecule has 1 aromatic carbocycles. The van der Waals surface area contributed by atoms with E-state index in [-0.39, 0.29) is 11.5 Å². The first-order valence-electron chi connectivity index (χ1n) is 7.06. The molecule has 0 bridgehead atoms. The average Bonchev–Trinajstić information content (AvgIpc) is 2.54. The zero-order valence-corrected chi connectivity index (χ0v) is 12.6. The topological polar surface area (TPSA) is 58.6 Å². The highest BCUT2D eigenvalue weighted by Crippen LogP contribution is 2.28. The van der Waals surface area contributed by atoms with Crippen molar-refractivity contribution >= 4 is 0 Å². The molecule has 0 fully saturated rings. The number of benzene rings is 1. The predicted molar refractivity (Wildman–Crippen MR) is 83.3 cm³/mol. The van der Waals surface area contributed by atoms with Crippen molar-refractivity contribution in [2.24, 2.45) is 0 Å². The summed E-state index contributed by atoms with van der Waals surface area (Å²) in [5, 5.41) is 0. The number of halogens is 3. The second kappa shape index (κ2) is 5.92. The average molecular weight is 331 g/mol. The Morgan fingerprint density at radius 1 is 0.958 bits per heavy atom. The maximum atomic E-state index is 12.8. The predicted octanol–water partition coefficient (Wildman–Crippen LogP) is 3.83. The molecule has 0 saturated heterocycles. The van der Waals surface area contributed by atoms with Gasteiger partial charge in [-0.15, -0.1) is 0 Å². The van der Waals surface area contributed by atoms with Gasteiger partial charge in [0.2, 0.25) is 0 Å². The molecule has 24 heavy (non-hydrogen) atoms. The number of nitrogens with zero attached hydrogens (tertiary/aromatic N) is 2. The van der Waals surface area contributed by atoms with Crippen molar-refractivity contribution in [2.75, 3.05) is 0 Å². The standard InChI is InChI=1S/C17H12F3N3O/c1-10-5-2-3-6-11(10)12-7-4-8-13(21-12)16-22-14(17(18,19)20)9-15(24)23-16/h2-9H,1H3,(H,22,23,24). The molecule has 7 heteroatoms. The van der Waals surface area contributed by atoms with E-state index in [4.69, 9.17) is 0 Å². The van der Waals surface area contributed by atoms with Crippen LogP contribution in [0.1, 0.15) is 11.3 Å². The van der Waals surface area contributed by atoms with E-state index in [1.54, 1.807) is 12.1 Å². The normalized spacial score (nSPS) is 11.5. The largest absolute Gasteiger partial charge is 0.433 e. The van der Waals surface area contributed by atoms with Crippen molar-refractivity contribution in [3.8, 4) is 22.8 Å². The Hall–Kier alpha value is -2.96. The number of hydrogen-bond acceptors (Lipinski definition) is 3. The first-order valence-corrected chi connectivity index (χ1v) is 7.06. The number of rotatable bonds is 2. The lowest BCUT2D eigenvalue weighted by Gasteiger charge is -2.09. The van der Waals surface area contributed by atoms with Crippen LogP contribution in [-0.4, -0.2) is 15.0 Å². The Balaban J connectivity index is 2.12. The van der Waals surface area contributed by atoms with Crippen LogP contribution >= 0.6 is 0 Å². The molecule has 0 spiro atoms. The van der Waals surface area contributed by atoms with Crippen molar-refractivity contribution in [3.63, 3.8) is 0 Å². The minimum absolute atomic E-state index is 0.166. The number of H-pyrrole nitrogens is 1. The third kappa shape index (κ3) is 3.19. The van der Waals surface area contributed by atoms with E-state index in [1.807, 2.05) is 31.2 Å². The highest BCUT2D eigenvalue weighted by molar-refractivity contribution is 5.66. The lowest BCUT2D eigenvalue weighted by atomic mass is 10.1. The van der Waals surface area contributed by atoms with E-state index in [0.717, 1.165) is 11.1 Å². The summed E-state index contributed by atoms with van der Waals surface area (Å²) in [6.45, 7) is 1.91. The van der Waals surface area contributed by atoms with Crippen LogP contribution in [0.25, 0.3) is 22.8 Å². The molecule has 0 aliphatic carbocycles. The SMILES string of the molecule is Cc1ccccc1-c1cccc(-c2nc(C(F)(F)F)cc(=O)[nH]2)n1. The quantitative estimate of drug-likeness (QED) is 0.776. The first kappa shape index (κ1) is 15.9. The maximum absolute atomic E-state index is 12.8. The Bertz CT molecular complexity index is 948. The van der Waals surface area contributed by atoms with Gasteiger partial charge in [-0.05, 0) is 24.6 Å². The summed E-state index contributed by atoms with van der Waals surface area (Å²) in [5.74, 6) is -0.217. The van der Waals surface area contributed by atoms with Crippen LogP contribution in [0.5, 0.6) is 0 Å². The number of hydrogen-bond donors (Lipinski definition) is 1. The molecule has 1 N–H and O–H groups in total. The van der Waals surface area contributed by atoms with Gasteiger partial charge in [-0.25, -0.2) is 9.97 Å².